The molecule has 1 aliphatic heterocycles. The van der Waals surface area contributed by atoms with Gasteiger partial charge in [-0.2, -0.15) is 23.2 Å². The summed E-state index contributed by atoms with van der Waals surface area (Å²) < 4.78 is 81.3. The second-order valence-corrected chi connectivity index (χ2v) is 9.57. The predicted molar refractivity (Wildman–Crippen MR) is 112 cm³/mol. The molecule has 0 fully saturated rings. The van der Waals surface area contributed by atoms with E-state index in [-0.39, 0.29) is 35.6 Å². The Labute approximate surface area is 192 Å². The molecule has 2 aromatic rings. The largest absolute Gasteiger partial charge is 0.404 e. The van der Waals surface area contributed by atoms with E-state index in [9.17, 15) is 30.8 Å². The van der Waals surface area contributed by atoms with E-state index < -0.39 is 43.9 Å². The highest BCUT2D eigenvalue weighted by Gasteiger charge is 2.41. The zero-order chi connectivity index (χ0) is 24.6. The average Bonchev–Trinajstić information content (AvgIpc) is 2.84. The first-order valence-corrected chi connectivity index (χ1v) is 11.7. The van der Waals surface area contributed by atoms with Crippen LogP contribution in [-0.4, -0.2) is 31.1 Å². The second kappa shape index (κ2) is 9.32. The van der Waals surface area contributed by atoms with Crippen molar-refractivity contribution in [1.82, 2.24) is 9.29 Å². The van der Waals surface area contributed by atoms with E-state index >= 15 is 0 Å². The van der Waals surface area contributed by atoms with E-state index in [4.69, 9.17) is 16.9 Å². The quantitative estimate of drug-likeness (QED) is 0.588. The fourth-order valence-corrected chi connectivity index (χ4v) is 5.75. The number of nitriles is 1. The lowest BCUT2D eigenvalue weighted by atomic mass is 10.2. The van der Waals surface area contributed by atoms with Gasteiger partial charge < -0.3 is 9.88 Å². The molecule has 2 N–H and O–H groups in total. The summed E-state index contributed by atoms with van der Waals surface area (Å²) in [4.78, 5) is 12.5. The predicted octanol–water partition coefficient (Wildman–Crippen LogP) is 4.36. The Hall–Kier alpha value is -2.62. The van der Waals surface area contributed by atoms with Gasteiger partial charge in [0, 0.05) is 17.9 Å². The van der Waals surface area contributed by atoms with Gasteiger partial charge in [-0.3, -0.25) is 4.79 Å². The Balaban J connectivity index is 2.07. The van der Waals surface area contributed by atoms with Crippen molar-refractivity contribution < 1.29 is 30.8 Å². The fraction of sp³-hybridized carbons (Fsp3) is 0.400. The number of alkyl halides is 3. The third-order valence-corrected chi connectivity index (χ3v) is 7.33. The minimum atomic E-state index is -4.82. The summed E-state index contributed by atoms with van der Waals surface area (Å²) in [6.07, 6.45) is -2.76. The van der Waals surface area contributed by atoms with Crippen LogP contribution in [0.1, 0.15) is 47.9 Å². The fourth-order valence-electron chi connectivity index (χ4n) is 3.58. The van der Waals surface area contributed by atoms with E-state index in [1.54, 1.807) is 10.8 Å². The first kappa shape index (κ1) is 25.0. The van der Waals surface area contributed by atoms with Gasteiger partial charge in [-0.25, -0.2) is 12.8 Å². The van der Waals surface area contributed by atoms with Crippen LogP contribution in [-0.2, 0) is 23.0 Å². The molecule has 1 atom stereocenters. The van der Waals surface area contributed by atoms with Crippen LogP contribution < -0.4 is 10.0 Å². The number of hydrogen-bond acceptors (Lipinski definition) is 4. The maximum absolute atomic E-state index is 13.6. The molecule has 1 amide bonds. The van der Waals surface area contributed by atoms with Crippen molar-refractivity contribution in [2.45, 2.75) is 56.3 Å². The first-order valence-electron chi connectivity index (χ1n) is 9.87. The molecule has 0 saturated carbocycles. The van der Waals surface area contributed by atoms with Crippen molar-refractivity contribution in [2.75, 3.05) is 5.32 Å². The van der Waals surface area contributed by atoms with Crippen LogP contribution in [0.2, 0.25) is 5.02 Å². The summed E-state index contributed by atoms with van der Waals surface area (Å²) in [5.41, 5.74) is -0.356. The Kier molecular flexibility index (Phi) is 7.07. The Morgan fingerprint density at radius 2 is 1.97 bits per heavy atom. The molecule has 3 rings (SSSR count). The standard InChI is InChI=1S/C20H19ClF4N4O3S/c1-11(20(23,24)25)28-33(31,32)18-15-5-3-2-4-8-29(15)17(16(18)21)19(30)27-13-6-7-14(22)12(9-13)10-26/h6-7,9,11,28H,2-5,8H2,1H3,(H,27,30). The number of benzene rings is 1. The van der Waals surface area contributed by atoms with E-state index in [1.807, 2.05) is 0 Å². The van der Waals surface area contributed by atoms with Gasteiger partial charge in [-0.15, -0.1) is 0 Å². The highest BCUT2D eigenvalue weighted by molar-refractivity contribution is 7.89. The number of carbonyl (C=O) groups is 1. The van der Waals surface area contributed by atoms with E-state index in [0.717, 1.165) is 18.6 Å². The van der Waals surface area contributed by atoms with Crippen molar-refractivity contribution in [2.24, 2.45) is 0 Å². The van der Waals surface area contributed by atoms with Crippen molar-refractivity contribution in [3.8, 4) is 6.07 Å². The van der Waals surface area contributed by atoms with Gasteiger partial charge in [0.1, 0.15) is 28.5 Å². The average molecular weight is 507 g/mol. The van der Waals surface area contributed by atoms with Gasteiger partial charge in [0.15, 0.2) is 0 Å². The van der Waals surface area contributed by atoms with Crippen LogP contribution in [0.4, 0.5) is 23.2 Å². The minimum Gasteiger partial charge on any atom is -0.338 e. The van der Waals surface area contributed by atoms with E-state index in [0.29, 0.717) is 19.8 Å². The molecule has 0 saturated heterocycles. The number of nitrogens with zero attached hydrogens (tertiary/aromatic N) is 2. The Morgan fingerprint density at radius 3 is 2.61 bits per heavy atom. The van der Waals surface area contributed by atoms with Crippen molar-refractivity contribution in [1.29, 1.82) is 5.26 Å². The molecule has 1 aromatic heterocycles. The summed E-state index contributed by atoms with van der Waals surface area (Å²) in [5, 5.41) is 10.9. The maximum Gasteiger partial charge on any atom is 0.404 e. The lowest BCUT2D eigenvalue weighted by molar-refractivity contribution is -0.147. The SMILES string of the molecule is CC(NS(=O)(=O)c1c(Cl)c(C(=O)Nc2ccc(F)c(C#N)c2)n2c1CCCCC2)C(F)(F)F. The number of halogens is 5. The van der Waals surface area contributed by atoms with E-state index in [1.165, 1.54) is 10.6 Å². The van der Waals surface area contributed by atoms with Gasteiger partial charge in [-0.1, -0.05) is 18.0 Å². The van der Waals surface area contributed by atoms with Crippen LogP contribution in [0.3, 0.4) is 0 Å². The smallest absolute Gasteiger partial charge is 0.338 e. The summed E-state index contributed by atoms with van der Waals surface area (Å²) >= 11 is 6.31. The lowest BCUT2D eigenvalue weighted by Gasteiger charge is -2.18. The summed E-state index contributed by atoms with van der Waals surface area (Å²) in [5.74, 6) is -1.63. The number of amides is 1. The van der Waals surface area contributed by atoms with Crippen molar-refractivity contribution in [3.05, 3.63) is 46.0 Å². The molecule has 13 heteroatoms. The zero-order valence-electron chi connectivity index (χ0n) is 17.3. The number of hydrogen-bond donors (Lipinski definition) is 2. The number of sulfonamides is 1. The Morgan fingerprint density at radius 1 is 1.27 bits per heavy atom. The molecular formula is C20H19ClF4N4O3S. The highest BCUT2D eigenvalue weighted by Crippen LogP contribution is 2.36. The number of anilines is 1. The molecule has 7 nitrogen and oxygen atoms in total. The molecule has 0 radical (unpaired) electrons. The van der Waals surface area contributed by atoms with Gasteiger partial charge >= 0.3 is 6.18 Å². The van der Waals surface area contributed by atoms with Crippen LogP contribution in [0.25, 0.3) is 0 Å². The summed E-state index contributed by atoms with van der Waals surface area (Å²) in [7, 11) is -4.73. The number of aromatic nitrogens is 1. The van der Waals surface area contributed by atoms with Crippen LogP contribution in [0.15, 0.2) is 23.1 Å². The lowest BCUT2D eigenvalue weighted by Crippen LogP contribution is -2.43. The third kappa shape index (κ3) is 5.15. The van der Waals surface area contributed by atoms with Crippen molar-refractivity contribution in [3.63, 3.8) is 0 Å². The molecule has 0 bridgehead atoms. The normalized spacial score (nSPS) is 15.3. The molecule has 33 heavy (non-hydrogen) atoms. The second-order valence-electron chi connectivity index (χ2n) is 7.55. The zero-order valence-corrected chi connectivity index (χ0v) is 18.8. The molecule has 1 aliphatic rings. The van der Waals surface area contributed by atoms with Crippen molar-refractivity contribution >= 4 is 33.2 Å². The Bertz CT molecular complexity index is 1240. The van der Waals surface area contributed by atoms with Gasteiger partial charge in [0.25, 0.3) is 5.91 Å². The highest BCUT2D eigenvalue weighted by atomic mass is 35.5. The number of fused-ring (bicyclic) bond motifs is 1. The molecule has 0 spiro atoms. The third-order valence-electron chi connectivity index (χ3n) is 5.21. The number of nitrogens with one attached hydrogen (secondary N) is 2. The molecular weight excluding hydrogens is 488 g/mol. The monoisotopic (exact) mass is 506 g/mol. The van der Waals surface area contributed by atoms with Gasteiger partial charge in [0.2, 0.25) is 10.0 Å². The first-order chi connectivity index (χ1) is 15.4. The molecule has 178 valence electrons. The number of rotatable bonds is 5. The maximum atomic E-state index is 13.6. The van der Waals surface area contributed by atoms with Gasteiger partial charge in [-0.05, 0) is 44.4 Å². The molecule has 0 aliphatic carbocycles. The summed E-state index contributed by atoms with van der Waals surface area (Å²) in [6.45, 7) is 0.893. The number of carbonyl (C=O) groups excluding carboxylic acids is 1. The van der Waals surface area contributed by atoms with Gasteiger partial charge in [0.05, 0.1) is 10.6 Å². The molecule has 1 unspecified atom stereocenters. The van der Waals surface area contributed by atoms with E-state index in [2.05, 4.69) is 5.32 Å². The molecule has 2 heterocycles. The minimum absolute atomic E-state index is 0.0615. The van der Waals surface area contributed by atoms with Crippen LogP contribution in [0, 0.1) is 17.1 Å². The molecule has 1 aromatic carbocycles. The summed E-state index contributed by atoms with van der Waals surface area (Å²) in [6, 6.07) is 2.54. The van der Waals surface area contributed by atoms with Crippen LogP contribution in [0.5, 0.6) is 0 Å². The topological polar surface area (TPSA) is 104 Å². The van der Waals surface area contributed by atoms with Crippen LogP contribution >= 0.6 is 11.6 Å².